The second-order valence-electron chi connectivity index (χ2n) is 7.91. The Morgan fingerprint density at radius 2 is 1.54 bits per heavy atom. The monoisotopic (exact) mass is 491 g/mol. The number of rotatable bonds is 12. The predicted octanol–water partition coefficient (Wildman–Crippen LogP) is 5.44. The van der Waals surface area contributed by atoms with E-state index in [9.17, 15) is 4.79 Å². The number of amides is 1. The molecule has 154 valence electrons. The topological polar surface area (TPSA) is 54.9 Å². The first-order valence-corrected chi connectivity index (χ1v) is 18.6. The van der Waals surface area contributed by atoms with E-state index in [-0.39, 0.29) is 5.91 Å². The summed E-state index contributed by atoms with van der Waals surface area (Å²) in [5.74, 6) is -0.150. The van der Waals surface area contributed by atoms with Crippen LogP contribution >= 0.6 is 0 Å². The molecule has 1 heterocycles. The van der Waals surface area contributed by atoms with E-state index < -0.39 is 18.4 Å². The fourth-order valence-corrected chi connectivity index (χ4v) is 20.0. The molecule has 0 spiro atoms. The van der Waals surface area contributed by atoms with E-state index in [4.69, 9.17) is 0 Å². The Kier molecular flexibility index (Phi) is 9.69. The summed E-state index contributed by atoms with van der Waals surface area (Å²) in [6.45, 7) is 9.44. The van der Waals surface area contributed by atoms with Crippen molar-refractivity contribution in [3.05, 3.63) is 30.1 Å². The second-order valence-corrected chi connectivity index (χ2v) is 21.1. The summed E-state index contributed by atoms with van der Waals surface area (Å²) < 4.78 is 5.95. The standard InChI is InChI=1S/C11H10N3O.3C4H9.Sn/c1-2-12-11(15)10-7-13-8-5-3-4-6-9(8)14-10;3*1-3-4-2;/h4-7H,2H2,1H3,(H,12,15);3*1,3-4H2,2H3;. The van der Waals surface area contributed by atoms with Gasteiger partial charge in [0.25, 0.3) is 0 Å². The molecule has 1 N–H and O–H groups in total. The van der Waals surface area contributed by atoms with Crippen molar-refractivity contribution in [2.75, 3.05) is 6.54 Å². The fraction of sp³-hybridized carbons (Fsp3) is 0.609. The van der Waals surface area contributed by atoms with Gasteiger partial charge in [-0.05, 0) is 0 Å². The van der Waals surface area contributed by atoms with E-state index in [1.54, 1.807) is 9.78 Å². The third-order valence-corrected chi connectivity index (χ3v) is 21.4. The van der Waals surface area contributed by atoms with E-state index in [2.05, 4.69) is 54.3 Å². The van der Waals surface area contributed by atoms with Crippen LogP contribution in [0.5, 0.6) is 0 Å². The number of carbonyl (C=O) groups is 1. The predicted molar refractivity (Wildman–Crippen MR) is 122 cm³/mol. The number of benzene rings is 1. The number of hydrogen-bond donors (Lipinski definition) is 1. The van der Waals surface area contributed by atoms with Crippen LogP contribution in [0.2, 0.25) is 13.3 Å². The van der Waals surface area contributed by atoms with Crippen molar-refractivity contribution in [3.8, 4) is 0 Å². The molecule has 0 aliphatic rings. The Morgan fingerprint density at radius 1 is 0.929 bits per heavy atom. The van der Waals surface area contributed by atoms with Crippen LogP contribution in [-0.2, 0) is 0 Å². The number of aromatic nitrogens is 2. The second kappa shape index (κ2) is 11.7. The Bertz CT molecular complexity index is 741. The third-order valence-electron chi connectivity index (χ3n) is 5.75. The Hall–Kier alpha value is -1.17. The number of fused-ring (bicyclic) bond motifs is 1. The van der Waals surface area contributed by atoms with Crippen LogP contribution < -0.4 is 8.90 Å². The van der Waals surface area contributed by atoms with Gasteiger partial charge < -0.3 is 0 Å². The molecule has 28 heavy (non-hydrogen) atoms. The summed E-state index contributed by atoms with van der Waals surface area (Å²) in [7, 11) is 0. The average molecular weight is 490 g/mol. The summed E-state index contributed by atoms with van der Waals surface area (Å²) >= 11 is -2.46. The maximum absolute atomic E-state index is 12.1. The van der Waals surface area contributed by atoms with Gasteiger partial charge >= 0.3 is 175 Å². The molecule has 0 atom stereocenters. The zero-order valence-corrected chi connectivity index (χ0v) is 21.0. The molecule has 0 fully saturated rings. The van der Waals surface area contributed by atoms with Gasteiger partial charge in [-0.3, -0.25) is 0 Å². The van der Waals surface area contributed by atoms with Crippen molar-refractivity contribution in [1.82, 2.24) is 15.3 Å². The summed E-state index contributed by atoms with van der Waals surface area (Å²) in [4.78, 5) is 21.2. The zero-order chi connectivity index (χ0) is 20.4. The average Bonchev–Trinajstić information content (AvgIpc) is 2.73. The fourth-order valence-electron chi connectivity index (χ4n) is 4.05. The molecule has 1 aromatic heterocycles. The van der Waals surface area contributed by atoms with Gasteiger partial charge in [-0.25, -0.2) is 0 Å². The molecule has 0 aliphatic carbocycles. The summed E-state index contributed by atoms with van der Waals surface area (Å²) in [5.41, 5.74) is 2.17. The normalized spacial score (nSPS) is 11.7. The van der Waals surface area contributed by atoms with Gasteiger partial charge in [0, 0.05) is 0 Å². The van der Waals surface area contributed by atoms with E-state index >= 15 is 0 Å². The molecule has 1 aromatic carbocycles. The van der Waals surface area contributed by atoms with Crippen LogP contribution in [0.4, 0.5) is 0 Å². The molecule has 4 nitrogen and oxygen atoms in total. The first kappa shape index (κ1) is 23.1. The Morgan fingerprint density at radius 3 is 2.07 bits per heavy atom. The quantitative estimate of drug-likeness (QED) is 0.404. The van der Waals surface area contributed by atoms with Gasteiger partial charge in [-0.15, -0.1) is 0 Å². The maximum atomic E-state index is 12.1. The van der Waals surface area contributed by atoms with Gasteiger partial charge in [0.1, 0.15) is 0 Å². The van der Waals surface area contributed by atoms with Crippen LogP contribution in [0.3, 0.4) is 0 Å². The third kappa shape index (κ3) is 5.91. The Balaban J connectivity index is 2.42. The van der Waals surface area contributed by atoms with Gasteiger partial charge in [0.2, 0.25) is 0 Å². The number of nitrogens with zero attached hydrogens (tertiary/aromatic N) is 2. The van der Waals surface area contributed by atoms with Crippen LogP contribution in [0, 0.1) is 0 Å². The molecular formula is C23H37N3OSn. The van der Waals surface area contributed by atoms with E-state index in [1.807, 2.05) is 6.92 Å². The van der Waals surface area contributed by atoms with Crippen LogP contribution in [0.25, 0.3) is 11.0 Å². The van der Waals surface area contributed by atoms with Crippen molar-refractivity contribution in [1.29, 1.82) is 0 Å². The number of nitrogens with one attached hydrogen (secondary N) is 1. The molecule has 2 aromatic rings. The number of hydrogen-bond acceptors (Lipinski definition) is 3. The number of unbranched alkanes of at least 4 members (excludes halogenated alkanes) is 3. The van der Waals surface area contributed by atoms with Crippen molar-refractivity contribution in [2.45, 2.75) is 79.5 Å². The van der Waals surface area contributed by atoms with Crippen molar-refractivity contribution in [3.63, 3.8) is 0 Å². The molecule has 0 radical (unpaired) electrons. The molecule has 2 rings (SSSR count). The molecular weight excluding hydrogens is 453 g/mol. The summed E-state index contributed by atoms with van der Waals surface area (Å²) in [6, 6.07) is 6.76. The zero-order valence-electron chi connectivity index (χ0n) is 18.2. The molecule has 0 bridgehead atoms. The van der Waals surface area contributed by atoms with Gasteiger partial charge in [-0.1, -0.05) is 0 Å². The van der Waals surface area contributed by atoms with Crippen molar-refractivity contribution >= 4 is 38.9 Å². The van der Waals surface area contributed by atoms with Crippen LogP contribution in [0.1, 0.15) is 76.7 Å². The van der Waals surface area contributed by atoms with Gasteiger partial charge in [-0.2, -0.15) is 0 Å². The van der Waals surface area contributed by atoms with Crippen molar-refractivity contribution in [2.24, 2.45) is 0 Å². The van der Waals surface area contributed by atoms with E-state index in [1.165, 1.54) is 51.8 Å². The van der Waals surface area contributed by atoms with Gasteiger partial charge in [0.05, 0.1) is 0 Å². The van der Waals surface area contributed by atoms with Gasteiger partial charge in [0.15, 0.2) is 0 Å². The SMILES string of the molecule is CCC[CH2][Sn]([CH2]CCC)([CH2]CCC)[c]1ccc2nc(C(=O)NCC)cnc2c1. The Labute approximate surface area is 174 Å². The molecule has 0 aliphatic heterocycles. The van der Waals surface area contributed by atoms with Crippen LogP contribution in [0.15, 0.2) is 24.4 Å². The minimum atomic E-state index is -2.46. The summed E-state index contributed by atoms with van der Waals surface area (Å²) in [5, 5.41) is 2.80. The molecule has 5 heteroatoms. The van der Waals surface area contributed by atoms with E-state index in [0.717, 1.165) is 11.0 Å². The summed E-state index contributed by atoms with van der Waals surface area (Å²) in [6.07, 6.45) is 9.51. The first-order valence-electron chi connectivity index (χ1n) is 11.2. The van der Waals surface area contributed by atoms with Crippen molar-refractivity contribution < 1.29 is 4.79 Å². The van der Waals surface area contributed by atoms with E-state index in [0.29, 0.717) is 12.2 Å². The number of carbonyl (C=O) groups excluding carboxylic acids is 1. The van der Waals surface area contributed by atoms with Crippen LogP contribution in [-0.4, -0.2) is 40.8 Å². The first-order chi connectivity index (χ1) is 13.6. The molecule has 0 saturated carbocycles. The molecule has 0 unspecified atom stereocenters. The molecule has 0 saturated heterocycles. The minimum absolute atomic E-state index is 0.150. The molecule has 1 amide bonds.